The van der Waals surface area contributed by atoms with Crippen LogP contribution >= 0.6 is 0 Å². The maximum Gasteiger partial charge on any atom is 0.273 e. The smallest absolute Gasteiger partial charge is 0.273 e. The first-order valence-corrected chi connectivity index (χ1v) is 7.76. The number of nitrogens with zero attached hydrogens (tertiary/aromatic N) is 2. The highest BCUT2D eigenvalue weighted by molar-refractivity contribution is 5.64. The molecule has 1 aromatic carbocycles. The molecule has 5 nitrogen and oxygen atoms in total. The zero-order chi connectivity index (χ0) is 15.5. The van der Waals surface area contributed by atoms with Gasteiger partial charge in [0.25, 0.3) is 5.69 Å². The van der Waals surface area contributed by atoms with E-state index in [4.69, 9.17) is 0 Å². The minimum absolute atomic E-state index is 0.152. The first-order valence-electron chi connectivity index (χ1n) is 7.76. The molecule has 0 amide bonds. The molecule has 1 N–H and O–H groups in total. The van der Waals surface area contributed by atoms with Crippen LogP contribution in [0.5, 0.6) is 0 Å². The highest BCUT2D eigenvalue weighted by atomic mass is 16.6. The Morgan fingerprint density at radius 2 is 1.86 bits per heavy atom. The number of nitrogens with one attached hydrogen (secondary N) is 1. The Kier molecular flexibility index (Phi) is 4.70. The van der Waals surface area contributed by atoms with Gasteiger partial charge < -0.3 is 10.2 Å². The summed E-state index contributed by atoms with van der Waals surface area (Å²) in [5.74, 6) is 0. The van der Waals surface area contributed by atoms with Crippen molar-refractivity contribution in [3.05, 3.63) is 28.3 Å². The summed E-state index contributed by atoms with van der Waals surface area (Å²) in [4.78, 5) is 13.0. The van der Waals surface area contributed by atoms with Gasteiger partial charge in [0.1, 0.15) is 0 Å². The highest BCUT2D eigenvalue weighted by Crippen LogP contribution is 2.40. The second-order valence-electron chi connectivity index (χ2n) is 5.94. The molecule has 0 atom stereocenters. The van der Waals surface area contributed by atoms with Crippen LogP contribution in [0.3, 0.4) is 0 Å². The summed E-state index contributed by atoms with van der Waals surface area (Å²) in [6.07, 6.45) is 4.76. The fraction of sp³-hybridized carbons (Fsp3) is 0.625. The number of anilines is 2. The van der Waals surface area contributed by atoms with E-state index in [1.807, 2.05) is 6.07 Å². The maximum atomic E-state index is 11.1. The topological polar surface area (TPSA) is 58.4 Å². The third-order valence-corrected chi connectivity index (χ3v) is 5.09. The van der Waals surface area contributed by atoms with E-state index in [9.17, 15) is 10.1 Å². The minimum Gasteiger partial charge on any atom is -0.388 e. The lowest BCUT2D eigenvalue weighted by Crippen LogP contribution is -2.39. The highest BCUT2D eigenvalue weighted by Gasteiger charge is 2.31. The van der Waals surface area contributed by atoms with Crippen LogP contribution in [-0.4, -0.2) is 25.1 Å². The van der Waals surface area contributed by atoms with Crippen molar-refractivity contribution in [3.63, 3.8) is 0 Å². The fourth-order valence-corrected chi connectivity index (χ4v) is 3.22. The van der Waals surface area contributed by atoms with Crippen LogP contribution in [0.1, 0.15) is 39.5 Å². The fourth-order valence-electron chi connectivity index (χ4n) is 3.22. The van der Waals surface area contributed by atoms with Crippen molar-refractivity contribution in [2.45, 2.75) is 39.5 Å². The lowest BCUT2D eigenvalue weighted by Gasteiger charge is -2.42. The van der Waals surface area contributed by atoms with Gasteiger partial charge in [0.05, 0.1) is 4.92 Å². The summed E-state index contributed by atoms with van der Waals surface area (Å²) in [6, 6.07) is 5.26. The minimum atomic E-state index is -0.323. The van der Waals surface area contributed by atoms with Gasteiger partial charge in [-0.3, -0.25) is 10.1 Å². The number of rotatable bonds is 5. The molecule has 116 valence electrons. The molecule has 0 aliphatic carbocycles. The van der Waals surface area contributed by atoms with Crippen molar-refractivity contribution in [1.29, 1.82) is 0 Å². The van der Waals surface area contributed by atoms with Crippen molar-refractivity contribution in [2.75, 3.05) is 30.4 Å². The average molecular weight is 291 g/mol. The van der Waals surface area contributed by atoms with Crippen molar-refractivity contribution < 1.29 is 4.92 Å². The summed E-state index contributed by atoms with van der Waals surface area (Å²) in [5, 5.41) is 14.1. The lowest BCUT2D eigenvalue weighted by atomic mass is 9.74. The lowest BCUT2D eigenvalue weighted by molar-refractivity contribution is -0.384. The molecule has 1 aliphatic heterocycles. The number of benzene rings is 1. The van der Waals surface area contributed by atoms with Crippen LogP contribution in [0.2, 0.25) is 0 Å². The molecule has 0 spiro atoms. The van der Waals surface area contributed by atoms with E-state index < -0.39 is 0 Å². The number of nitro groups is 1. The largest absolute Gasteiger partial charge is 0.388 e. The van der Waals surface area contributed by atoms with Crippen LogP contribution in [0.25, 0.3) is 0 Å². The molecule has 0 unspecified atom stereocenters. The predicted molar refractivity (Wildman–Crippen MR) is 87.1 cm³/mol. The Morgan fingerprint density at radius 3 is 2.33 bits per heavy atom. The van der Waals surface area contributed by atoms with Gasteiger partial charge in [-0.15, -0.1) is 0 Å². The van der Waals surface area contributed by atoms with Gasteiger partial charge in [-0.25, -0.2) is 0 Å². The Bertz CT molecular complexity index is 502. The molecule has 1 fully saturated rings. The SMILES string of the molecule is CCC1(CC)CCN(c2cc(NC)cc([N+](=O)[O-])c2)CC1. The van der Waals surface area contributed by atoms with Crippen LogP contribution in [0.4, 0.5) is 17.1 Å². The summed E-state index contributed by atoms with van der Waals surface area (Å²) >= 11 is 0. The summed E-state index contributed by atoms with van der Waals surface area (Å²) in [7, 11) is 1.79. The van der Waals surface area contributed by atoms with Crippen LogP contribution in [0.15, 0.2) is 18.2 Å². The predicted octanol–water partition coefficient (Wildman–Crippen LogP) is 4.04. The first-order chi connectivity index (χ1) is 10.0. The Morgan fingerprint density at radius 1 is 1.24 bits per heavy atom. The molecule has 21 heavy (non-hydrogen) atoms. The second kappa shape index (κ2) is 6.33. The monoisotopic (exact) mass is 291 g/mol. The average Bonchev–Trinajstić information content (AvgIpc) is 2.54. The zero-order valence-electron chi connectivity index (χ0n) is 13.2. The van der Waals surface area contributed by atoms with Gasteiger partial charge in [-0.2, -0.15) is 0 Å². The Balaban J connectivity index is 2.20. The molecule has 0 bridgehead atoms. The molecule has 1 saturated heterocycles. The Hall–Kier alpha value is -1.78. The molecule has 2 rings (SSSR count). The van der Waals surface area contributed by atoms with Gasteiger partial charge >= 0.3 is 0 Å². The third-order valence-electron chi connectivity index (χ3n) is 5.09. The van der Waals surface area contributed by atoms with Gasteiger partial charge in [-0.1, -0.05) is 26.7 Å². The van der Waals surface area contributed by atoms with Gasteiger partial charge in [0.15, 0.2) is 0 Å². The molecule has 0 aromatic heterocycles. The van der Waals surface area contributed by atoms with Crippen LogP contribution in [0, 0.1) is 15.5 Å². The molecule has 1 aliphatic rings. The molecule has 1 heterocycles. The summed E-state index contributed by atoms with van der Waals surface area (Å²) in [5.41, 5.74) is 2.36. The van der Waals surface area contributed by atoms with E-state index in [0.717, 1.165) is 37.3 Å². The molecule has 0 saturated carbocycles. The van der Waals surface area contributed by atoms with Crippen molar-refractivity contribution in [1.82, 2.24) is 0 Å². The van der Waals surface area contributed by atoms with Crippen molar-refractivity contribution in [2.24, 2.45) is 5.41 Å². The van der Waals surface area contributed by atoms with Gasteiger partial charge in [-0.05, 0) is 24.3 Å². The normalized spacial score (nSPS) is 17.6. The number of piperidine rings is 1. The van der Waals surface area contributed by atoms with E-state index in [1.165, 1.54) is 12.8 Å². The van der Waals surface area contributed by atoms with Crippen molar-refractivity contribution >= 4 is 17.1 Å². The Labute approximate surface area is 126 Å². The molecular formula is C16H25N3O2. The molecule has 5 heteroatoms. The van der Waals surface area contributed by atoms with E-state index in [0.29, 0.717) is 5.41 Å². The third kappa shape index (κ3) is 3.28. The van der Waals surface area contributed by atoms with Crippen LogP contribution < -0.4 is 10.2 Å². The number of nitro benzene ring substituents is 1. The number of hydrogen-bond acceptors (Lipinski definition) is 4. The quantitative estimate of drug-likeness (QED) is 0.657. The number of non-ortho nitro benzene ring substituents is 1. The van der Waals surface area contributed by atoms with Crippen molar-refractivity contribution in [3.8, 4) is 0 Å². The van der Waals surface area contributed by atoms with E-state index in [-0.39, 0.29) is 10.6 Å². The molecule has 0 radical (unpaired) electrons. The van der Waals surface area contributed by atoms with Crippen LogP contribution in [-0.2, 0) is 0 Å². The van der Waals surface area contributed by atoms with E-state index in [1.54, 1.807) is 19.2 Å². The standard InChI is InChI=1S/C16H25N3O2/c1-4-16(5-2)6-8-18(9-7-16)14-10-13(17-3)11-15(12-14)19(20)21/h10-12,17H,4-9H2,1-3H3. The number of hydrogen-bond donors (Lipinski definition) is 1. The van der Waals surface area contributed by atoms with E-state index >= 15 is 0 Å². The first kappa shape index (κ1) is 15.6. The van der Waals surface area contributed by atoms with Gasteiger partial charge in [0, 0.05) is 43.6 Å². The second-order valence-corrected chi connectivity index (χ2v) is 5.94. The maximum absolute atomic E-state index is 11.1. The molecule has 1 aromatic rings. The summed E-state index contributed by atoms with van der Waals surface area (Å²) < 4.78 is 0. The summed E-state index contributed by atoms with van der Waals surface area (Å²) in [6.45, 7) is 6.50. The molecular weight excluding hydrogens is 266 g/mol. The van der Waals surface area contributed by atoms with E-state index in [2.05, 4.69) is 24.1 Å². The van der Waals surface area contributed by atoms with Gasteiger partial charge in [0.2, 0.25) is 0 Å². The zero-order valence-corrected chi connectivity index (χ0v) is 13.2.